The van der Waals surface area contributed by atoms with Gasteiger partial charge in [-0.15, -0.1) is 0 Å². The van der Waals surface area contributed by atoms with Crippen LogP contribution >= 0.6 is 0 Å². The van der Waals surface area contributed by atoms with Crippen LogP contribution in [-0.2, 0) is 28.6 Å². The number of rotatable bonds is 66. The lowest BCUT2D eigenvalue weighted by atomic mass is 10.0. The van der Waals surface area contributed by atoms with Crippen LogP contribution in [0.1, 0.15) is 387 Å². The van der Waals surface area contributed by atoms with E-state index in [4.69, 9.17) is 14.2 Å². The van der Waals surface area contributed by atoms with E-state index < -0.39 is 6.10 Å². The van der Waals surface area contributed by atoms with Crippen LogP contribution in [0.4, 0.5) is 0 Å². The van der Waals surface area contributed by atoms with Gasteiger partial charge in [0.15, 0.2) is 6.10 Å². The van der Waals surface area contributed by atoms with Crippen molar-refractivity contribution in [3.8, 4) is 0 Å². The summed E-state index contributed by atoms with van der Waals surface area (Å²) in [6, 6.07) is 0. The zero-order chi connectivity index (χ0) is 57.8. The van der Waals surface area contributed by atoms with Crippen molar-refractivity contribution in [3.63, 3.8) is 0 Å². The summed E-state index contributed by atoms with van der Waals surface area (Å²) < 4.78 is 17.0. The monoisotopic (exact) mass is 1120 g/mol. The molecule has 0 saturated heterocycles. The van der Waals surface area contributed by atoms with Crippen LogP contribution in [0.5, 0.6) is 0 Å². The molecule has 6 heteroatoms. The van der Waals surface area contributed by atoms with Crippen LogP contribution in [-0.4, -0.2) is 37.2 Å². The lowest BCUT2D eigenvalue weighted by Crippen LogP contribution is -2.30. The van der Waals surface area contributed by atoms with E-state index >= 15 is 0 Å². The Morgan fingerprint density at radius 2 is 0.450 bits per heavy atom. The Labute approximate surface area is 498 Å². The van der Waals surface area contributed by atoms with E-state index in [-0.39, 0.29) is 31.1 Å². The summed E-state index contributed by atoms with van der Waals surface area (Å²) in [5.41, 5.74) is 0. The van der Waals surface area contributed by atoms with Gasteiger partial charge in [0.25, 0.3) is 0 Å². The van der Waals surface area contributed by atoms with E-state index in [2.05, 4.69) is 69.4 Å². The SMILES string of the molecule is CCCCCC/C=C\C/C=C\CCCCCCCCCC(=O)OC(COC(=O)CCCCCCCCCCCCCCC)COC(=O)CCCCCCCCCCCCCCCCCCCCC/C=C\C/C=C\CCCCCCC. The third-order valence-electron chi connectivity index (χ3n) is 16.1. The number of ether oxygens (including phenoxy) is 3. The Bertz CT molecular complexity index is 1380. The molecular formula is C74H136O6. The van der Waals surface area contributed by atoms with Crippen molar-refractivity contribution in [1.29, 1.82) is 0 Å². The summed E-state index contributed by atoms with van der Waals surface area (Å²) >= 11 is 0. The third kappa shape index (κ3) is 66.2. The summed E-state index contributed by atoms with van der Waals surface area (Å²) in [4.78, 5) is 38.4. The predicted octanol–water partition coefficient (Wildman–Crippen LogP) is 24.5. The first kappa shape index (κ1) is 77.4. The third-order valence-corrected chi connectivity index (χ3v) is 16.1. The highest BCUT2D eigenvalue weighted by atomic mass is 16.6. The second-order valence-electron chi connectivity index (χ2n) is 24.1. The largest absolute Gasteiger partial charge is 0.462 e. The highest BCUT2D eigenvalue weighted by Gasteiger charge is 2.19. The van der Waals surface area contributed by atoms with Gasteiger partial charge in [0.1, 0.15) is 13.2 Å². The normalized spacial score (nSPS) is 12.3. The van der Waals surface area contributed by atoms with E-state index in [1.165, 1.54) is 270 Å². The topological polar surface area (TPSA) is 78.9 Å². The van der Waals surface area contributed by atoms with Crippen molar-refractivity contribution in [2.24, 2.45) is 0 Å². The fraction of sp³-hybridized carbons (Fsp3) is 0.851. The van der Waals surface area contributed by atoms with Gasteiger partial charge in [0.2, 0.25) is 0 Å². The molecule has 468 valence electrons. The van der Waals surface area contributed by atoms with Crippen molar-refractivity contribution in [1.82, 2.24) is 0 Å². The van der Waals surface area contributed by atoms with Gasteiger partial charge in [-0.25, -0.2) is 0 Å². The Morgan fingerprint density at radius 3 is 0.700 bits per heavy atom. The molecule has 0 radical (unpaired) electrons. The Morgan fingerprint density at radius 1 is 0.250 bits per heavy atom. The van der Waals surface area contributed by atoms with E-state index in [9.17, 15) is 14.4 Å². The number of esters is 3. The van der Waals surface area contributed by atoms with Crippen molar-refractivity contribution >= 4 is 17.9 Å². The van der Waals surface area contributed by atoms with Gasteiger partial charge in [-0.3, -0.25) is 14.4 Å². The molecule has 0 aromatic rings. The van der Waals surface area contributed by atoms with Crippen LogP contribution in [0.25, 0.3) is 0 Å². The number of carbonyl (C=O) groups excluding carboxylic acids is 3. The second kappa shape index (κ2) is 68.9. The smallest absolute Gasteiger partial charge is 0.306 e. The first-order valence-electron chi connectivity index (χ1n) is 35.6. The standard InChI is InChI=1S/C74H136O6/c1-4-7-10-13-16-19-22-25-27-29-31-32-33-34-35-36-37-38-39-40-41-42-43-45-46-49-52-55-58-61-64-67-73(76)79-70-71(69-78-72(75)66-63-60-57-54-51-48-24-21-18-15-12-9-6-3)80-74(77)68-65-62-59-56-53-50-47-44-30-28-26-23-20-17-14-11-8-5-2/h20,22-23,25,28-31,71H,4-19,21,24,26-27,32-70H2,1-3H3/b23-20-,25-22-,30-28-,31-29-. The van der Waals surface area contributed by atoms with Gasteiger partial charge in [0.05, 0.1) is 0 Å². The van der Waals surface area contributed by atoms with Crippen LogP contribution in [0.15, 0.2) is 48.6 Å². The molecule has 1 atom stereocenters. The summed E-state index contributed by atoms with van der Waals surface area (Å²) in [5, 5.41) is 0. The molecular weight excluding hydrogens is 985 g/mol. The lowest BCUT2D eigenvalue weighted by molar-refractivity contribution is -0.167. The van der Waals surface area contributed by atoms with E-state index in [0.29, 0.717) is 19.3 Å². The fourth-order valence-electron chi connectivity index (χ4n) is 10.7. The minimum absolute atomic E-state index is 0.0709. The molecule has 80 heavy (non-hydrogen) atoms. The first-order chi connectivity index (χ1) is 39.5. The summed E-state index contributed by atoms with van der Waals surface area (Å²) in [7, 11) is 0. The number of hydrogen-bond acceptors (Lipinski definition) is 6. The molecule has 0 aliphatic rings. The molecule has 0 aliphatic carbocycles. The second-order valence-corrected chi connectivity index (χ2v) is 24.1. The van der Waals surface area contributed by atoms with Gasteiger partial charge in [-0.2, -0.15) is 0 Å². The maximum Gasteiger partial charge on any atom is 0.306 e. The molecule has 0 bridgehead atoms. The molecule has 0 spiro atoms. The lowest BCUT2D eigenvalue weighted by Gasteiger charge is -2.18. The van der Waals surface area contributed by atoms with Crippen LogP contribution in [0.2, 0.25) is 0 Å². The number of carbonyl (C=O) groups is 3. The molecule has 0 fully saturated rings. The predicted molar refractivity (Wildman–Crippen MR) is 349 cm³/mol. The van der Waals surface area contributed by atoms with Crippen molar-refractivity contribution in [3.05, 3.63) is 48.6 Å². The van der Waals surface area contributed by atoms with Gasteiger partial charge in [-0.1, -0.05) is 333 Å². The van der Waals surface area contributed by atoms with Gasteiger partial charge in [-0.05, 0) is 83.5 Å². The number of hydrogen-bond donors (Lipinski definition) is 0. The van der Waals surface area contributed by atoms with Crippen LogP contribution in [0, 0.1) is 0 Å². The Hall–Kier alpha value is -2.63. The van der Waals surface area contributed by atoms with E-state index in [0.717, 1.165) is 77.0 Å². The molecule has 0 N–H and O–H groups in total. The fourth-order valence-corrected chi connectivity index (χ4v) is 10.7. The quantitative estimate of drug-likeness (QED) is 0.0261. The van der Waals surface area contributed by atoms with E-state index in [1.54, 1.807) is 0 Å². The Balaban J connectivity index is 4.16. The number of allylic oxidation sites excluding steroid dienone is 8. The van der Waals surface area contributed by atoms with Gasteiger partial charge in [0, 0.05) is 19.3 Å². The molecule has 0 aromatic heterocycles. The van der Waals surface area contributed by atoms with Crippen molar-refractivity contribution in [2.75, 3.05) is 13.2 Å². The highest BCUT2D eigenvalue weighted by Crippen LogP contribution is 2.18. The maximum atomic E-state index is 12.9. The molecule has 6 nitrogen and oxygen atoms in total. The number of unbranched alkanes of at least 4 members (excludes halogenated alkanes) is 47. The van der Waals surface area contributed by atoms with Gasteiger partial charge >= 0.3 is 17.9 Å². The van der Waals surface area contributed by atoms with Crippen LogP contribution < -0.4 is 0 Å². The molecule has 0 heterocycles. The molecule has 0 aromatic carbocycles. The zero-order valence-electron chi connectivity index (χ0n) is 53.9. The molecule has 1 unspecified atom stereocenters. The minimum Gasteiger partial charge on any atom is -0.462 e. The van der Waals surface area contributed by atoms with Gasteiger partial charge < -0.3 is 14.2 Å². The van der Waals surface area contributed by atoms with Crippen molar-refractivity contribution in [2.45, 2.75) is 393 Å². The maximum absolute atomic E-state index is 12.9. The first-order valence-corrected chi connectivity index (χ1v) is 35.6. The van der Waals surface area contributed by atoms with E-state index in [1.807, 2.05) is 0 Å². The average Bonchev–Trinajstić information content (AvgIpc) is 3.46. The summed E-state index contributed by atoms with van der Waals surface area (Å²) in [5.74, 6) is -0.852. The van der Waals surface area contributed by atoms with Crippen molar-refractivity contribution < 1.29 is 28.6 Å². The Kier molecular flexibility index (Phi) is 66.6. The zero-order valence-corrected chi connectivity index (χ0v) is 53.9. The molecule has 0 aliphatic heterocycles. The molecule has 0 saturated carbocycles. The van der Waals surface area contributed by atoms with Crippen LogP contribution in [0.3, 0.4) is 0 Å². The summed E-state index contributed by atoms with van der Waals surface area (Å²) in [6.07, 6.45) is 87.2. The molecule has 0 amide bonds. The summed E-state index contributed by atoms with van der Waals surface area (Å²) in [6.45, 7) is 6.67. The minimum atomic E-state index is -0.775. The highest BCUT2D eigenvalue weighted by molar-refractivity contribution is 5.71. The molecule has 0 rings (SSSR count). The average molecular weight is 1120 g/mol.